The van der Waals surface area contributed by atoms with Gasteiger partial charge in [-0.15, -0.1) is 0 Å². The second-order valence-corrected chi connectivity index (χ2v) is 8.51. The maximum Gasteiger partial charge on any atom is 0.190 e. The van der Waals surface area contributed by atoms with E-state index in [0.717, 1.165) is 39.1 Å². The fourth-order valence-electron chi connectivity index (χ4n) is 3.78. The number of anilines is 2. The first kappa shape index (κ1) is 20.4. The average Bonchev–Trinajstić information content (AvgIpc) is 3.33. The Labute approximate surface area is 181 Å². The standard InChI is InChI=1S/C24H27N5S/c1-4-7-19(8-5-2)20-10-11-21-23(26-20)30-24(27-21)28-22-15-18(12-13-25-22)16-29-14-6-9-17(29)3/h4-5,7-8,10-13,15,17H,1,6,9,14,16H2,2-3H3,(H,25,27,28)/b8-5-,19-7+/t17-/m1/s1. The number of hydrogen-bond donors (Lipinski definition) is 1. The van der Waals surface area contributed by atoms with E-state index < -0.39 is 0 Å². The summed E-state index contributed by atoms with van der Waals surface area (Å²) in [6.07, 6.45) is 12.2. The fourth-order valence-corrected chi connectivity index (χ4v) is 4.62. The highest BCUT2D eigenvalue weighted by Gasteiger charge is 2.20. The van der Waals surface area contributed by atoms with Gasteiger partial charge in [0, 0.05) is 18.8 Å². The Hall–Kier alpha value is -2.83. The smallest absolute Gasteiger partial charge is 0.190 e. The molecule has 3 aromatic rings. The molecular formula is C24H27N5S. The van der Waals surface area contributed by atoms with Gasteiger partial charge in [-0.3, -0.25) is 4.90 Å². The molecule has 1 N–H and O–H groups in total. The molecule has 0 aromatic carbocycles. The first-order valence-corrected chi connectivity index (χ1v) is 11.2. The lowest BCUT2D eigenvalue weighted by molar-refractivity contribution is 0.260. The van der Waals surface area contributed by atoms with E-state index >= 15 is 0 Å². The molecule has 1 aliphatic heterocycles. The van der Waals surface area contributed by atoms with E-state index in [1.165, 1.54) is 36.3 Å². The van der Waals surface area contributed by atoms with Crippen LogP contribution in [0.15, 0.2) is 61.3 Å². The molecule has 1 atom stereocenters. The second-order valence-electron chi connectivity index (χ2n) is 7.53. The van der Waals surface area contributed by atoms with Crippen LogP contribution in [-0.2, 0) is 6.54 Å². The Morgan fingerprint density at radius 1 is 1.33 bits per heavy atom. The Morgan fingerprint density at radius 2 is 2.23 bits per heavy atom. The number of thiazole rings is 1. The summed E-state index contributed by atoms with van der Waals surface area (Å²) in [5, 5.41) is 4.16. The van der Waals surface area contributed by atoms with Crippen molar-refractivity contribution in [3.63, 3.8) is 0 Å². The summed E-state index contributed by atoms with van der Waals surface area (Å²) in [6, 6.07) is 8.88. The van der Waals surface area contributed by atoms with Crippen LogP contribution in [0.4, 0.5) is 10.9 Å². The quantitative estimate of drug-likeness (QED) is 0.481. The van der Waals surface area contributed by atoms with Gasteiger partial charge in [0.1, 0.15) is 16.2 Å². The third kappa shape index (κ3) is 4.66. The van der Waals surface area contributed by atoms with Crippen molar-refractivity contribution < 1.29 is 0 Å². The molecule has 0 radical (unpaired) electrons. The Kier molecular flexibility index (Phi) is 6.35. The summed E-state index contributed by atoms with van der Waals surface area (Å²) in [5.74, 6) is 0.819. The normalized spacial score (nSPS) is 17.8. The van der Waals surface area contributed by atoms with E-state index in [2.05, 4.69) is 45.8 Å². The molecule has 4 heterocycles. The van der Waals surface area contributed by atoms with Crippen molar-refractivity contribution in [2.24, 2.45) is 0 Å². The summed E-state index contributed by atoms with van der Waals surface area (Å²) >= 11 is 1.54. The van der Waals surface area contributed by atoms with Crippen LogP contribution in [0.5, 0.6) is 0 Å². The fraction of sp³-hybridized carbons (Fsp3) is 0.292. The first-order valence-electron chi connectivity index (χ1n) is 10.4. The van der Waals surface area contributed by atoms with Crippen LogP contribution >= 0.6 is 11.3 Å². The van der Waals surface area contributed by atoms with E-state index in [1.54, 1.807) is 6.08 Å². The van der Waals surface area contributed by atoms with Crippen LogP contribution in [0.25, 0.3) is 15.9 Å². The molecule has 30 heavy (non-hydrogen) atoms. The molecule has 1 saturated heterocycles. The largest absolute Gasteiger partial charge is 0.316 e. The van der Waals surface area contributed by atoms with Crippen molar-refractivity contribution in [2.75, 3.05) is 11.9 Å². The third-order valence-corrected chi connectivity index (χ3v) is 6.21. The molecule has 0 saturated carbocycles. The van der Waals surface area contributed by atoms with E-state index in [4.69, 9.17) is 4.98 Å². The maximum atomic E-state index is 4.79. The van der Waals surface area contributed by atoms with Crippen LogP contribution in [0, 0.1) is 0 Å². The number of nitrogens with zero attached hydrogens (tertiary/aromatic N) is 4. The lowest BCUT2D eigenvalue weighted by atomic mass is 10.1. The van der Waals surface area contributed by atoms with Crippen molar-refractivity contribution in [1.82, 2.24) is 19.9 Å². The predicted molar refractivity (Wildman–Crippen MR) is 127 cm³/mol. The minimum absolute atomic E-state index is 0.654. The van der Waals surface area contributed by atoms with Gasteiger partial charge in [-0.1, -0.05) is 42.2 Å². The summed E-state index contributed by atoms with van der Waals surface area (Å²) < 4.78 is 0. The highest BCUT2D eigenvalue weighted by Crippen LogP contribution is 2.29. The number of likely N-dealkylation sites (tertiary alicyclic amines) is 1. The van der Waals surface area contributed by atoms with Crippen molar-refractivity contribution in [3.05, 3.63) is 72.6 Å². The minimum atomic E-state index is 0.654. The number of aromatic nitrogens is 3. The molecule has 0 amide bonds. The topological polar surface area (TPSA) is 53.9 Å². The summed E-state index contributed by atoms with van der Waals surface area (Å²) in [4.78, 5) is 17.4. The van der Waals surface area contributed by atoms with Gasteiger partial charge >= 0.3 is 0 Å². The number of allylic oxidation sites excluding steroid dienone is 5. The number of rotatable bonds is 7. The van der Waals surface area contributed by atoms with Gasteiger partial charge in [0.25, 0.3) is 0 Å². The predicted octanol–water partition coefficient (Wildman–Crippen LogP) is 5.96. The van der Waals surface area contributed by atoms with Gasteiger partial charge in [0.2, 0.25) is 0 Å². The van der Waals surface area contributed by atoms with Gasteiger partial charge in [-0.2, -0.15) is 0 Å². The molecule has 4 rings (SSSR count). The Bertz CT molecular complexity index is 1100. The highest BCUT2D eigenvalue weighted by molar-refractivity contribution is 7.21. The zero-order valence-electron chi connectivity index (χ0n) is 17.5. The van der Waals surface area contributed by atoms with Gasteiger partial charge in [-0.25, -0.2) is 15.0 Å². The van der Waals surface area contributed by atoms with Gasteiger partial charge in [0.05, 0.1) is 5.69 Å². The maximum absolute atomic E-state index is 4.79. The van der Waals surface area contributed by atoms with Crippen LogP contribution < -0.4 is 5.32 Å². The molecule has 0 spiro atoms. The molecule has 5 nitrogen and oxygen atoms in total. The molecule has 1 aliphatic rings. The van der Waals surface area contributed by atoms with Crippen LogP contribution in [0.1, 0.15) is 37.9 Å². The van der Waals surface area contributed by atoms with Crippen molar-refractivity contribution in [1.29, 1.82) is 0 Å². The van der Waals surface area contributed by atoms with Crippen LogP contribution in [-0.4, -0.2) is 32.4 Å². The van der Waals surface area contributed by atoms with Gasteiger partial charge in [0.15, 0.2) is 5.13 Å². The van der Waals surface area contributed by atoms with E-state index in [-0.39, 0.29) is 0 Å². The summed E-state index contributed by atoms with van der Waals surface area (Å²) in [7, 11) is 0. The highest BCUT2D eigenvalue weighted by atomic mass is 32.1. The lowest BCUT2D eigenvalue weighted by Gasteiger charge is -2.21. The SMILES string of the molecule is C=C/C=C(\C=C/C)c1ccc2nc(Nc3cc(CN4CCC[C@H]4C)ccn3)sc2n1. The van der Waals surface area contributed by atoms with Gasteiger partial charge < -0.3 is 5.32 Å². The molecule has 3 aromatic heterocycles. The lowest BCUT2D eigenvalue weighted by Crippen LogP contribution is -2.26. The molecular weight excluding hydrogens is 390 g/mol. The zero-order chi connectivity index (χ0) is 20.9. The third-order valence-electron chi connectivity index (χ3n) is 5.33. The molecule has 154 valence electrons. The Balaban J connectivity index is 1.53. The molecule has 1 fully saturated rings. The molecule has 6 heteroatoms. The number of fused-ring (bicyclic) bond motifs is 1. The zero-order valence-corrected chi connectivity index (χ0v) is 18.3. The summed E-state index contributed by atoms with van der Waals surface area (Å²) in [6.45, 7) is 10.2. The number of hydrogen-bond acceptors (Lipinski definition) is 6. The number of nitrogens with one attached hydrogen (secondary N) is 1. The molecule has 0 aliphatic carbocycles. The van der Waals surface area contributed by atoms with E-state index in [1.807, 2.05) is 43.5 Å². The minimum Gasteiger partial charge on any atom is -0.316 e. The van der Waals surface area contributed by atoms with E-state index in [0.29, 0.717) is 6.04 Å². The summed E-state index contributed by atoms with van der Waals surface area (Å²) in [5.41, 5.74) is 4.10. The molecule has 0 bridgehead atoms. The molecule has 0 unspecified atom stereocenters. The van der Waals surface area contributed by atoms with Crippen LogP contribution in [0.3, 0.4) is 0 Å². The van der Waals surface area contributed by atoms with Crippen LogP contribution in [0.2, 0.25) is 0 Å². The second kappa shape index (κ2) is 9.32. The first-order chi connectivity index (χ1) is 14.7. The van der Waals surface area contributed by atoms with Crippen molar-refractivity contribution in [3.8, 4) is 0 Å². The number of pyridine rings is 2. The Morgan fingerprint density at radius 3 is 3.00 bits per heavy atom. The monoisotopic (exact) mass is 417 g/mol. The van der Waals surface area contributed by atoms with E-state index in [9.17, 15) is 0 Å². The van der Waals surface area contributed by atoms with Crippen molar-refractivity contribution >= 4 is 38.2 Å². The average molecular weight is 418 g/mol. The van der Waals surface area contributed by atoms with Gasteiger partial charge in [-0.05, 0) is 68.6 Å². The van der Waals surface area contributed by atoms with Crippen molar-refractivity contribution in [2.45, 2.75) is 39.3 Å².